The molecule has 6 aromatic rings. The number of nitrogens with one attached hydrogen (secondary N) is 1. The second-order valence-corrected chi connectivity index (χ2v) is 10.7. The van der Waals surface area contributed by atoms with Crippen molar-refractivity contribution in [2.75, 3.05) is 5.32 Å². The second kappa shape index (κ2) is 10.9. The third-order valence-electron chi connectivity index (χ3n) is 5.85. The molecule has 0 atom stereocenters. The van der Waals surface area contributed by atoms with E-state index in [-0.39, 0.29) is 5.91 Å². The third kappa shape index (κ3) is 5.32. The number of benzene rings is 4. The van der Waals surface area contributed by atoms with Gasteiger partial charge >= 0.3 is 0 Å². The Kier molecular flexibility index (Phi) is 6.89. The Bertz CT molecular complexity index is 1710. The lowest BCUT2D eigenvalue weighted by Crippen LogP contribution is -2.11. The molecule has 1 amide bonds. The van der Waals surface area contributed by atoms with Crippen molar-refractivity contribution < 1.29 is 4.79 Å². The van der Waals surface area contributed by atoms with E-state index < -0.39 is 0 Å². The molecule has 0 saturated carbocycles. The van der Waals surface area contributed by atoms with Crippen molar-refractivity contribution in [2.45, 2.75) is 10.1 Å². The van der Waals surface area contributed by atoms with Crippen LogP contribution >= 0.6 is 23.1 Å². The molecule has 6 rings (SSSR count). The van der Waals surface area contributed by atoms with Crippen LogP contribution in [0.25, 0.3) is 33.5 Å². The number of amides is 1. The molecule has 4 aromatic carbocycles. The SMILES string of the molecule is O=C(Nc1nnc(SCc2ccccc2)s1)c1ccc2nc(-c3ccccc3)c(-c3ccccc3)nc2c1. The van der Waals surface area contributed by atoms with E-state index in [4.69, 9.17) is 9.97 Å². The summed E-state index contributed by atoms with van der Waals surface area (Å²) in [5, 5.41) is 11.7. The lowest BCUT2D eigenvalue weighted by molar-refractivity contribution is 0.102. The van der Waals surface area contributed by atoms with Gasteiger partial charge in [-0.25, -0.2) is 9.97 Å². The molecule has 2 heterocycles. The molecule has 184 valence electrons. The van der Waals surface area contributed by atoms with Crippen LogP contribution in [0.2, 0.25) is 0 Å². The normalized spacial score (nSPS) is 10.9. The Balaban J connectivity index is 1.26. The van der Waals surface area contributed by atoms with Crippen molar-refractivity contribution in [3.8, 4) is 22.5 Å². The monoisotopic (exact) mass is 531 g/mol. The highest BCUT2D eigenvalue weighted by molar-refractivity contribution is 8.00. The molecule has 2 aromatic heterocycles. The number of carbonyl (C=O) groups is 1. The van der Waals surface area contributed by atoms with Crippen LogP contribution in [0.1, 0.15) is 15.9 Å². The number of carbonyl (C=O) groups excluding carboxylic acids is 1. The van der Waals surface area contributed by atoms with Crippen LogP contribution in [0.4, 0.5) is 5.13 Å². The van der Waals surface area contributed by atoms with E-state index in [9.17, 15) is 4.79 Å². The summed E-state index contributed by atoms with van der Waals surface area (Å²) in [6.45, 7) is 0. The van der Waals surface area contributed by atoms with Crippen molar-refractivity contribution in [2.24, 2.45) is 0 Å². The quantitative estimate of drug-likeness (QED) is 0.171. The fourth-order valence-electron chi connectivity index (χ4n) is 4.00. The van der Waals surface area contributed by atoms with E-state index in [0.29, 0.717) is 16.2 Å². The highest BCUT2D eigenvalue weighted by atomic mass is 32.2. The molecular formula is C30H21N5OS2. The maximum Gasteiger partial charge on any atom is 0.257 e. The van der Waals surface area contributed by atoms with E-state index in [2.05, 4.69) is 27.6 Å². The standard InChI is InChI=1S/C30H21N5OS2/c36-28(33-29-34-35-30(38-29)37-19-20-10-4-1-5-11-20)23-16-17-24-25(18-23)32-27(22-14-8-3-9-15-22)26(31-24)21-12-6-2-7-13-21/h1-18H,19H2,(H,33,34,36). The molecule has 8 heteroatoms. The summed E-state index contributed by atoms with van der Waals surface area (Å²) >= 11 is 2.95. The largest absolute Gasteiger partial charge is 0.296 e. The first kappa shape index (κ1) is 24.0. The van der Waals surface area contributed by atoms with Gasteiger partial charge in [-0.05, 0) is 23.8 Å². The molecular weight excluding hydrogens is 510 g/mol. The zero-order chi connectivity index (χ0) is 25.7. The molecule has 0 aliphatic heterocycles. The first-order valence-electron chi connectivity index (χ1n) is 12.0. The Morgan fingerprint density at radius 1 is 0.711 bits per heavy atom. The number of hydrogen-bond acceptors (Lipinski definition) is 7. The number of thioether (sulfide) groups is 1. The molecule has 1 N–H and O–H groups in total. The first-order chi connectivity index (χ1) is 18.7. The highest BCUT2D eigenvalue weighted by Gasteiger charge is 2.16. The minimum absolute atomic E-state index is 0.266. The van der Waals surface area contributed by atoms with Gasteiger partial charge in [0.25, 0.3) is 5.91 Å². The summed E-state index contributed by atoms with van der Waals surface area (Å²) in [4.78, 5) is 23.0. The summed E-state index contributed by atoms with van der Waals surface area (Å²) in [5.74, 6) is 0.527. The number of anilines is 1. The van der Waals surface area contributed by atoms with Crippen molar-refractivity contribution >= 4 is 45.2 Å². The van der Waals surface area contributed by atoms with E-state index in [1.165, 1.54) is 16.9 Å². The summed E-state index contributed by atoms with van der Waals surface area (Å²) in [6.07, 6.45) is 0. The van der Waals surface area contributed by atoms with Crippen LogP contribution in [0.3, 0.4) is 0 Å². The number of hydrogen-bond donors (Lipinski definition) is 1. The molecule has 38 heavy (non-hydrogen) atoms. The average molecular weight is 532 g/mol. The van der Waals surface area contributed by atoms with Crippen molar-refractivity contribution in [3.63, 3.8) is 0 Å². The second-order valence-electron chi connectivity index (χ2n) is 8.46. The topological polar surface area (TPSA) is 80.7 Å². The Morgan fingerprint density at radius 2 is 1.32 bits per heavy atom. The first-order valence-corrected chi connectivity index (χ1v) is 13.8. The van der Waals surface area contributed by atoms with Crippen LogP contribution in [-0.4, -0.2) is 26.1 Å². The zero-order valence-electron chi connectivity index (χ0n) is 20.1. The summed E-state index contributed by atoms with van der Waals surface area (Å²) in [6, 6.07) is 35.5. The third-order valence-corrected chi connectivity index (χ3v) is 7.90. The van der Waals surface area contributed by atoms with Gasteiger partial charge in [-0.3, -0.25) is 10.1 Å². The number of nitrogens with zero attached hydrogens (tertiary/aromatic N) is 4. The van der Waals surface area contributed by atoms with Gasteiger partial charge in [0.1, 0.15) is 0 Å². The molecule has 0 radical (unpaired) electrons. The van der Waals surface area contributed by atoms with Gasteiger partial charge in [-0.1, -0.05) is 114 Å². The van der Waals surface area contributed by atoms with Crippen LogP contribution in [0, 0.1) is 0 Å². The Hall–Kier alpha value is -4.40. The molecule has 6 nitrogen and oxygen atoms in total. The molecule has 0 fully saturated rings. The molecule has 0 saturated heterocycles. The van der Waals surface area contributed by atoms with Crippen LogP contribution in [-0.2, 0) is 5.75 Å². The van der Waals surface area contributed by atoms with E-state index in [1.54, 1.807) is 23.9 Å². The average Bonchev–Trinajstić information content (AvgIpc) is 3.43. The van der Waals surface area contributed by atoms with Gasteiger partial charge in [0.2, 0.25) is 5.13 Å². The van der Waals surface area contributed by atoms with Crippen molar-refractivity contribution in [1.82, 2.24) is 20.2 Å². The van der Waals surface area contributed by atoms with Gasteiger partial charge in [-0.2, -0.15) is 0 Å². The minimum Gasteiger partial charge on any atom is -0.296 e. The van der Waals surface area contributed by atoms with E-state index >= 15 is 0 Å². The van der Waals surface area contributed by atoms with E-state index in [0.717, 1.165) is 38.1 Å². The maximum atomic E-state index is 13.1. The maximum absolute atomic E-state index is 13.1. The Labute approximate surface area is 227 Å². The zero-order valence-corrected chi connectivity index (χ0v) is 21.7. The lowest BCUT2D eigenvalue weighted by Gasteiger charge is -2.11. The highest BCUT2D eigenvalue weighted by Crippen LogP contribution is 2.32. The molecule has 0 bridgehead atoms. The van der Waals surface area contributed by atoms with Gasteiger partial charge in [0.15, 0.2) is 4.34 Å². The lowest BCUT2D eigenvalue weighted by atomic mass is 10.0. The number of aromatic nitrogens is 4. The van der Waals surface area contributed by atoms with Gasteiger partial charge in [-0.15, -0.1) is 10.2 Å². The molecule has 0 spiro atoms. The van der Waals surface area contributed by atoms with E-state index in [1.807, 2.05) is 84.9 Å². The predicted octanol–water partition coefficient (Wildman–Crippen LogP) is 7.36. The van der Waals surface area contributed by atoms with Gasteiger partial charge in [0, 0.05) is 22.4 Å². The van der Waals surface area contributed by atoms with Crippen molar-refractivity contribution in [1.29, 1.82) is 0 Å². The predicted molar refractivity (Wildman–Crippen MR) is 154 cm³/mol. The van der Waals surface area contributed by atoms with Crippen molar-refractivity contribution in [3.05, 3.63) is 120 Å². The summed E-state index contributed by atoms with van der Waals surface area (Å²) in [7, 11) is 0. The molecule has 0 aliphatic rings. The summed E-state index contributed by atoms with van der Waals surface area (Å²) < 4.78 is 0.800. The summed E-state index contributed by atoms with van der Waals surface area (Å²) in [5.41, 5.74) is 6.57. The number of rotatable bonds is 7. The van der Waals surface area contributed by atoms with Gasteiger partial charge in [0.05, 0.1) is 22.4 Å². The minimum atomic E-state index is -0.266. The van der Waals surface area contributed by atoms with Crippen LogP contribution in [0.15, 0.2) is 114 Å². The number of fused-ring (bicyclic) bond motifs is 1. The Morgan fingerprint density at radius 3 is 1.97 bits per heavy atom. The fourth-order valence-corrected chi connectivity index (χ4v) is 5.70. The smallest absolute Gasteiger partial charge is 0.257 e. The fraction of sp³-hybridized carbons (Fsp3) is 0.0333. The van der Waals surface area contributed by atoms with Crippen LogP contribution in [0.5, 0.6) is 0 Å². The van der Waals surface area contributed by atoms with Gasteiger partial charge < -0.3 is 0 Å². The van der Waals surface area contributed by atoms with Crippen LogP contribution < -0.4 is 5.32 Å². The molecule has 0 unspecified atom stereocenters. The molecule has 0 aliphatic carbocycles.